The zero-order valence-corrected chi connectivity index (χ0v) is 13.9. The number of hydrogen-bond donors (Lipinski definition) is 1. The maximum atomic E-state index is 11.9. The number of nitrogens with one attached hydrogen (secondary N) is 1. The molecule has 126 valence electrons. The van der Waals surface area contributed by atoms with E-state index in [-0.39, 0.29) is 5.97 Å². The van der Waals surface area contributed by atoms with E-state index in [4.69, 9.17) is 18.9 Å². The molecule has 0 saturated carbocycles. The fourth-order valence-electron chi connectivity index (χ4n) is 1.83. The van der Waals surface area contributed by atoms with Crippen LogP contribution in [-0.2, 0) is 23.7 Å². The molecule has 0 rings (SSSR count). The molecule has 1 atom stereocenters. The van der Waals surface area contributed by atoms with E-state index in [2.05, 4.69) is 5.32 Å². The van der Waals surface area contributed by atoms with Crippen LogP contribution in [0.25, 0.3) is 0 Å². The minimum atomic E-state index is -0.681. The normalized spacial score (nSPS) is 13.9. The second-order valence-electron chi connectivity index (χ2n) is 4.90. The number of hydrogen-bond acceptors (Lipinski definition) is 6. The number of ether oxygens (including phenoxy) is 4. The maximum absolute atomic E-state index is 11.9. The molecule has 0 amide bonds. The van der Waals surface area contributed by atoms with Crippen LogP contribution in [0.4, 0.5) is 0 Å². The Morgan fingerprint density at radius 1 is 1.05 bits per heavy atom. The van der Waals surface area contributed by atoms with Crippen LogP contribution in [0.5, 0.6) is 0 Å². The fraction of sp³-hybridized carbons (Fsp3) is 0.933. The van der Waals surface area contributed by atoms with Crippen molar-refractivity contribution in [2.45, 2.75) is 39.2 Å². The first-order chi connectivity index (χ1) is 10.1. The lowest BCUT2D eigenvalue weighted by molar-refractivity contribution is -0.151. The highest BCUT2D eigenvalue weighted by Crippen LogP contribution is 2.12. The third-order valence-electron chi connectivity index (χ3n) is 3.05. The molecule has 21 heavy (non-hydrogen) atoms. The topological polar surface area (TPSA) is 66.0 Å². The zero-order valence-electron chi connectivity index (χ0n) is 13.9. The standard InChI is InChI=1S/C15H31NO5/c1-5-16-15(3,14(17)21-6-2)8-11-19-9-7-10-20-13-12-18-4/h16H,5-13H2,1-4H3. The molecule has 0 spiro atoms. The molecule has 6 nitrogen and oxygen atoms in total. The molecule has 0 aliphatic rings. The fourth-order valence-corrected chi connectivity index (χ4v) is 1.83. The molecule has 0 bridgehead atoms. The van der Waals surface area contributed by atoms with Gasteiger partial charge in [-0.3, -0.25) is 4.79 Å². The van der Waals surface area contributed by atoms with E-state index >= 15 is 0 Å². The van der Waals surface area contributed by atoms with Crippen molar-refractivity contribution in [1.29, 1.82) is 0 Å². The van der Waals surface area contributed by atoms with Crippen molar-refractivity contribution in [2.24, 2.45) is 0 Å². The average Bonchev–Trinajstić information content (AvgIpc) is 2.46. The highest BCUT2D eigenvalue weighted by molar-refractivity contribution is 5.80. The molecule has 1 N–H and O–H groups in total. The molecular weight excluding hydrogens is 274 g/mol. The quantitative estimate of drug-likeness (QED) is 0.386. The summed E-state index contributed by atoms with van der Waals surface area (Å²) >= 11 is 0. The molecule has 0 aliphatic heterocycles. The Morgan fingerprint density at radius 2 is 1.71 bits per heavy atom. The monoisotopic (exact) mass is 305 g/mol. The largest absolute Gasteiger partial charge is 0.465 e. The van der Waals surface area contributed by atoms with Gasteiger partial charge < -0.3 is 24.3 Å². The van der Waals surface area contributed by atoms with Gasteiger partial charge in [0.1, 0.15) is 5.54 Å². The predicted octanol–water partition coefficient (Wildman–Crippen LogP) is 1.38. The molecule has 1 unspecified atom stereocenters. The first-order valence-electron chi connectivity index (χ1n) is 7.67. The van der Waals surface area contributed by atoms with E-state index in [0.717, 1.165) is 6.42 Å². The Hall–Kier alpha value is -0.690. The van der Waals surface area contributed by atoms with Gasteiger partial charge in [-0.1, -0.05) is 6.92 Å². The van der Waals surface area contributed by atoms with Crippen LogP contribution in [-0.4, -0.2) is 64.8 Å². The predicted molar refractivity (Wildman–Crippen MR) is 81.5 cm³/mol. The van der Waals surface area contributed by atoms with Crippen LogP contribution in [0.2, 0.25) is 0 Å². The number of carbonyl (C=O) groups excluding carboxylic acids is 1. The molecule has 0 aliphatic carbocycles. The first kappa shape index (κ1) is 20.3. The Kier molecular flexibility index (Phi) is 12.6. The van der Waals surface area contributed by atoms with Crippen LogP contribution >= 0.6 is 0 Å². The lowest BCUT2D eigenvalue weighted by Crippen LogP contribution is -2.51. The second-order valence-corrected chi connectivity index (χ2v) is 4.90. The van der Waals surface area contributed by atoms with Crippen molar-refractivity contribution in [3.63, 3.8) is 0 Å². The summed E-state index contributed by atoms with van der Waals surface area (Å²) in [5.74, 6) is -0.224. The molecule has 0 fully saturated rings. The van der Waals surface area contributed by atoms with Crippen molar-refractivity contribution in [2.75, 3.05) is 53.3 Å². The van der Waals surface area contributed by atoms with Crippen LogP contribution in [0.1, 0.15) is 33.6 Å². The first-order valence-corrected chi connectivity index (χ1v) is 7.67. The SMILES string of the molecule is CCNC(C)(CCOCCCOCCOC)C(=O)OCC. The third kappa shape index (κ3) is 9.79. The van der Waals surface area contributed by atoms with Gasteiger partial charge in [-0.25, -0.2) is 0 Å². The molecule has 0 aromatic heterocycles. The van der Waals surface area contributed by atoms with Crippen molar-refractivity contribution in [3.8, 4) is 0 Å². The summed E-state index contributed by atoms with van der Waals surface area (Å²) < 4.78 is 20.9. The Balaban J connectivity index is 3.76. The van der Waals surface area contributed by atoms with E-state index in [1.54, 1.807) is 7.11 Å². The molecule has 0 aromatic rings. The highest BCUT2D eigenvalue weighted by atomic mass is 16.5. The van der Waals surface area contributed by atoms with Gasteiger partial charge in [-0.2, -0.15) is 0 Å². The van der Waals surface area contributed by atoms with E-state index < -0.39 is 5.54 Å². The summed E-state index contributed by atoms with van der Waals surface area (Å²) in [5, 5.41) is 3.18. The van der Waals surface area contributed by atoms with E-state index in [1.807, 2.05) is 20.8 Å². The van der Waals surface area contributed by atoms with Gasteiger partial charge in [0, 0.05) is 26.9 Å². The highest BCUT2D eigenvalue weighted by Gasteiger charge is 2.33. The van der Waals surface area contributed by atoms with E-state index in [1.165, 1.54) is 0 Å². The van der Waals surface area contributed by atoms with Gasteiger partial charge in [0.05, 0.1) is 19.8 Å². The minimum absolute atomic E-state index is 0.224. The van der Waals surface area contributed by atoms with E-state index in [9.17, 15) is 4.79 Å². The molecule has 0 saturated heterocycles. The second kappa shape index (κ2) is 13.0. The van der Waals surface area contributed by atoms with Crippen molar-refractivity contribution in [1.82, 2.24) is 5.32 Å². The zero-order chi connectivity index (χ0) is 16.0. The van der Waals surface area contributed by atoms with Crippen molar-refractivity contribution in [3.05, 3.63) is 0 Å². The van der Waals surface area contributed by atoms with Gasteiger partial charge in [0.2, 0.25) is 0 Å². The summed E-state index contributed by atoms with van der Waals surface area (Å²) in [4.78, 5) is 11.9. The number of esters is 1. The Morgan fingerprint density at radius 3 is 2.29 bits per heavy atom. The number of rotatable bonds is 14. The third-order valence-corrected chi connectivity index (χ3v) is 3.05. The Labute approximate surface area is 128 Å². The van der Waals surface area contributed by atoms with Gasteiger partial charge in [0.15, 0.2) is 0 Å². The van der Waals surface area contributed by atoms with Crippen LogP contribution in [0, 0.1) is 0 Å². The van der Waals surface area contributed by atoms with Gasteiger partial charge >= 0.3 is 5.97 Å². The van der Waals surface area contributed by atoms with Crippen LogP contribution in [0.3, 0.4) is 0 Å². The molecular formula is C15H31NO5. The number of likely N-dealkylation sites (N-methyl/N-ethyl adjacent to an activating group) is 1. The van der Waals surface area contributed by atoms with Crippen LogP contribution in [0.15, 0.2) is 0 Å². The Bertz CT molecular complexity index is 262. The number of carbonyl (C=O) groups is 1. The van der Waals surface area contributed by atoms with Gasteiger partial charge in [-0.15, -0.1) is 0 Å². The lowest BCUT2D eigenvalue weighted by Gasteiger charge is -2.27. The lowest BCUT2D eigenvalue weighted by atomic mass is 9.98. The molecule has 0 aromatic carbocycles. The summed E-state index contributed by atoms with van der Waals surface area (Å²) in [6.07, 6.45) is 1.42. The average molecular weight is 305 g/mol. The van der Waals surface area contributed by atoms with Gasteiger partial charge in [-0.05, 0) is 33.2 Å². The maximum Gasteiger partial charge on any atom is 0.326 e. The summed E-state index contributed by atoms with van der Waals surface area (Å²) in [5.41, 5.74) is -0.681. The van der Waals surface area contributed by atoms with Crippen molar-refractivity contribution >= 4 is 5.97 Å². The molecule has 0 heterocycles. The smallest absolute Gasteiger partial charge is 0.326 e. The molecule has 6 heteroatoms. The van der Waals surface area contributed by atoms with Crippen molar-refractivity contribution < 1.29 is 23.7 Å². The summed E-state index contributed by atoms with van der Waals surface area (Å²) in [6.45, 7) is 9.75. The summed E-state index contributed by atoms with van der Waals surface area (Å²) in [7, 11) is 1.65. The number of methoxy groups -OCH3 is 1. The van der Waals surface area contributed by atoms with Crippen LogP contribution < -0.4 is 5.32 Å². The molecule has 0 radical (unpaired) electrons. The van der Waals surface area contributed by atoms with E-state index in [0.29, 0.717) is 52.6 Å². The summed E-state index contributed by atoms with van der Waals surface area (Å²) in [6, 6.07) is 0. The van der Waals surface area contributed by atoms with Gasteiger partial charge in [0.25, 0.3) is 0 Å². The minimum Gasteiger partial charge on any atom is -0.465 e.